The Morgan fingerprint density at radius 2 is 2.36 bits per heavy atom. The normalized spacial score (nSPS) is 31.6. The van der Waals surface area contributed by atoms with Crippen LogP contribution in [0.25, 0.3) is 0 Å². The zero-order valence-corrected chi connectivity index (χ0v) is 7.43. The molecule has 0 aromatic heterocycles. The first-order valence-corrected chi connectivity index (χ1v) is 4.28. The van der Waals surface area contributed by atoms with Crippen LogP contribution in [0.1, 0.15) is 13.3 Å². The zero-order valence-electron chi connectivity index (χ0n) is 7.43. The van der Waals surface area contributed by atoms with Crippen molar-refractivity contribution >= 4 is 0 Å². The molecule has 1 atom stereocenters. The van der Waals surface area contributed by atoms with Crippen LogP contribution in [0.4, 0.5) is 0 Å². The van der Waals surface area contributed by atoms with E-state index in [1.165, 1.54) is 0 Å². The lowest BCUT2D eigenvalue weighted by Crippen LogP contribution is -2.43. The monoisotopic (exact) mass is 158 g/mol. The predicted octanol–water partition coefficient (Wildman–Crippen LogP) is -0.338. The topological polar surface area (TPSA) is 35.5 Å². The fraction of sp³-hybridized carbons (Fsp3) is 1.00. The summed E-state index contributed by atoms with van der Waals surface area (Å²) in [5.74, 6) is 0. The Balaban J connectivity index is 2.33. The molecule has 1 aliphatic rings. The van der Waals surface area contributed by atoms with Gasteiger partial charge in [0.05, 0.1) is 5.60 Å². The molecule has 0 aliphatic carbocycles. The Morgan fingerprint density at radius 3 is 2.82 bits per heavy atom. The smallest absolute Gasteiger partial charge is 0.0909 e. The molecule has 0 spiro atoms. The maximum atomic E-state index is 9.89. The van der Waals surface area contributed by atoms with E-state index in [2.05, 4.69) is 17.1 Å². The van der Waals surface area contributed by atoms with Crippen LogP contribution in [0.5, 0.6) is 0 Å². The van der Waals surface area contributed by atoms with Crippen molar-refractivity contribution in [3.05, 3.63) is 0 Å². The molecular formula is C8H18N2O. The van der Waals surface area contributed by atoms with Crippen LogP contribution in [0.2, 0.25) is 0 Å². The van der Waals surface area contributed by atoms with Gasteiger partial charge < -0.3 is 15.3 Å². The summed E-state index contributed by atoms with van der Waals surface area (Å²) in [5.41, 5.74) is -0.467. The van der Waals surface area contributed by atoms with Gasteiger partial charge in [0.2, 0.25) is 0 Å². The summed E-state index contributed by atoms with van der Waals surface area (Å²) < 4.78 is 0. The SMILES string of the molecule is CCN(C)CC1(O)CCNC1. The summed E-state index contributed by atoms with van der Waals surface area (Å²) >= 11 is 0. The number of nitrogens with zero attached hydrogens (tertiary/aromatic N) is 1. The third kappa shape index (κ3) is 2.43. The maximum absolute atomic E-state index is 9.89. The second-order valence-electron chi connectivity index (χ2n) is 3.48. The molecule has 2 N–H and O–H groups in total. The van der Waals surface area contributed by atoms with E-state index in [0.717, 1.165) is 32.6 Å². The molecule has 1 unspecified atom stereocenters. The number of nitrogens with one attached hydrogen (secondary N) is 1. The van der Waals surface area contributed by atoms with Crippen LogP contribution in [0.15, 0.2) is 0 Å². The molecule has 3 heteroatoms. The molecule has 0 radical (unpaired) electrons. The van der Waals surface area contributed by atoms with Crippen molar-refractivity contribution in [2.24, 2.45) is 0 Å². The van der Waals surface area contributed by atoms with Crippen LogP contribution in [-0.4, -0.2) is 48.8 Å². The van der Waals surface area contributed by atoms with E-state index < -0.39 is 5.60 Å². The van der Waals surface area contributed by atoms with E-state index in [1.807, 2.05) is 7.05 Å². The first-order valence-electron chi connectivity index (χ1n) is 4.28. The lowest BCUT2D eigenvalue weighted by Gasteiger charge is -2.26. The predicted molar refractivity (Wildman–Crippen MR) is 45.6 cm³/mol. The third-order valence-corrected chi connectivity index (χ3v) is 2.33. The van der Waals surface area contributed by atoms with Gasteiger partial charge in [-0.25, -0.2) is 0 Å². The van der Waals surface area contributed by atoms with Crippen molar-refractivity contribution in [2.75, 3.05) is 33.2 Å². The molecule has 0 aromatic carbocycles. The summed E-state index contributed by atoms with van der Waals surface area (Å²) in [4.78, 5) is 2.15. The van der Waals surface area contributed by atoms with Crippen molar-refractivity contribution in [2.45, 2.75) is 18.9 Å². The van der Waals surface area contributed by atoms with Crippen LogP contribution in [0, 0.1) is 0 Å². The molecule has 1 heterocycles. The highest BCUT2D eigenvalue weighted by atomic mass is 16.3. The van der Waals surface area contributed by atoms with Crippen LogP contribution >= 0.6 is 0 Å². The van der Waals surface area contributed by atoms with Gasteiger partial charge in [0.15, 0.2) is 0 Å². The van der Waals surface area contributed by atoms with Gasteiger partial charge in [-0.3, -0.25) is 0 Å². The highest BCUT2D eigenvalue weighted by Gasteiger charge is 2.31. The second kappa shape index (κ2) is 3.52. The Labute approximate surface area is 68.4 Å². The molecule has 1 saturated heterocycles. The summed E-state index contributed by atoms with van der Waals surface area (Å²) in [6.45, 7) is 5.59. The third-order valence-electron chi connectivity index (χ3n) is 2.33. The van der Waals surface area contributed by atoms with E-state index >= 15 is 0 Å². The van der Waals surface area contributed by atoms with Gasteiger partial charge >= 0.3 is 0 Å². The molecule has 11 heavy (non-hydrogen) atoms. The highest BCUT2D eigenvalue weighted by Crippen LogP contribution is 2.14. The van der Waals surface area contributed by atoms with E-state index in [0.29, 0.717) is 0 Å². The van der Waals surface area contributed by atoms with Crippen molar-refractivity contribution in [3.8, 4) is 0 Å². The number of hydrogen-bond acceptors (Lipinski definition) is 3. The lowest BCUT2D eigenvalue weighted by atomic mass is 10.0. The zero-order chi connectivity index (χ0) is 8.32. The highest BCUT2D eigenvalue weighted by molar-refractivity contribution is 4.89. The average Bonchev–Trinajstić information content (AvgIpc) is 2.36. The molecule has 1 rings (SSSR count). The Bertz CT molecular complexity index is 121. The van der Waals surface area contributed by atoms with Gasteiger partial charge in [-0.15, -0.1) is 0 Å². The van der Waals surface area contributed by atoms with Gasteiger partial charge in [0, 0.05) is 13.1 Å². The van der Waals surface area contributed by atoms with Gasteiger partial charge in [-0.1, -0.05) is 6.92 Å². The van der Waals surface area contributed by atoms with Crippen molar-refractivity contribution in [3.63, 3.8) is 0 Å². The van der Waals surface area contributed by atoms with Crippen LogP contribution < -0.4 is 5.32 Å². The molecule has 66 valence electrons. The molecule has 0 bridgehead atoms. The fourth-order valence-corrected chi connectivity index (χ4v) is 1.48. The Hall–Kier alpha value is -0.120. The molecule has 3 nitrogen and oxygen atoms in total. The van der Waals surface area contributed by atoms with Gasteiger partial charge in [-0.05, 0) is 26.6 Å². The minimum atomic E-state index is -0.467. The van der Waals surface area contributed by atoms with Gasteiger partial charge in [0.1, 0.15) is 0 Å². The number of rotatable bonds is 3. The van der Waals surface area contributed by atoms with Crippen molar-refractivity contribution < 1.29 is 5.11 Å². The molecule has 1 aliphatic heterocycles. The molecular weight excluding hydrogens is 140 g/mol. The number of likely N-dealkylation sites (N-methyl/N-ethyl adjacent to an activating group) is 1. The summed E-state index contributed by atoms with van der Waals surface area (Å²) in [5, 5.41) is 13.1. The fourth-order valence-electron chi connectivity index (χ4n) is 1.48. The quantitative estimate of drug-likeness (QED) is 0.590. The van der Waals surface area contributed by atoms with Crippen LogP contribution in [0.3, 0.4) is 0 Å². The summed E-state index contributed by atoms with van der Waals surface area (Å²) in [7, 11) is 2.04. The van der Waals surface area contributed by atoms with E-state index in [9.17, 15) is 5.11 Å². The molecule has 0 aromatic rings. The lowest BCUT2D eigenvalue weighted by molar-refractivity contribution is 0.0298. The summed E-state index contributed by atoms with van der Waals surface area (Å²) in [6, 6.07) is 0. The molecule has 1 fully saturated rings. The van der Waals surface area contributed by atoms with Crippen molar-refractivity contribution in [1.29, 1.82) is 0 Å². The standard InChI is InChI=1S/C8H18N2O/c1-3-10(2)7-8(11)4-5-9-6-8/h9,11H,3-7H2,1-2H3. The minimum absolute atomic E-state index is 0.467. The Kier molecular flexibility index (Phi) is 2.87. The Morgan fingerprint density at radius 1 is 1.64 bits per heavy atom. The average molecular weight is 158 g/mol. The number of aliphatic hydroxyl groups is 1. The first-order chi connectivity index (χ1) is 5.16. The summed E-state index contributed by atoms with van der Waals surface area (Å²) in [6.07, 6.45) is 0.886. The number of β-amino-alcohol motifs (C(OH)–C–C–N with tert-alkyl or cyclic N) is 1. The van der Waals surface area contributed by atoms with Gasteiger partial charge in [0.25, 0.3) is 0 Å². The largest absolute Gasteiger partial charge is 0.387 e. The van der Waals surface area contributed by atoms with Crippen LogP contribution in [-0.2, 0) is 0 Å². The van der Waals surface area contributed by atoms with Crippen molar-refractivity contribution in [1.82, 2.24) is 10.2 Å². The maximum Gasteiger partial charge on any atom is 0.0909 e. The van der Waals surface area contributed by atoms with E-state index in [-0.39, 0.29) is 0 Å². The molecule has 0 saturated carbocycles. The van der Waals surface area contributed by atoms with E-state index in [1.54, 1.807) is 0 Å². The number of hydrogen-bond donors (Lipinski definition) is 2. The van der Waals surface area contributed by atoms with Gasteiger partial charge in [-0.2, -0.15) is 0 Å². The van der Waals surface area contributed by atoms with E-state index in [4.69, 9.17) is 0 Å². The first kappa shape index (κ1) is 8.97. The minimum Gasteiger partial charge on any atom is -0.387 e. The molecule has 0 amide bonds. The second-order valence-corrected chi connectivity index (χ2v) is 3.48.